The second-order valence-electron chi connectivity index (χ2n) is 11.3. The molecule has 2 fully saturated rings. The molecule has 6 rings (SSSR count). The smallest absolute Gasteiger partial charge is 0.248 e. The molecule has 0 radical (unpaired) electrons. The summed E-state index contributed by atoms with van der Waals surface area (Å²) in [5.74, 6) is 1.28. The molecule has 0 bridgehead atoms. The molecule has 3 unspecified atom stereocenters. The molecule has 3 heteroatoms. The molecular weight excluding hydrogens is 454 g/mol. The average Bonchev–Trinajstić information content (AvgIpc) is 3.17. The molecule has 4 atom stereocenters. The maximum absolute atomic E-state index is 13.7. The highest BCUT2D eigenvalue weighted by atomic mass is 16.1. The molecule has 37 heavy (non-hydrogen) atoms. The fourth-order valence-electron chi connectivity index (χ4n) is 7.24. The normalized spacial score (nSPS) is 27.6. The fourth-order valence-corrected chi connectivity index (χ4v) is 7.24. The Kier molecular flexibility index (Phi) is 5.95. The standard InChI is InChI=1S/C34H33NO2/c1-34-17-16-29-28-14-12-23(11-10-22-6-3-2-4-7-22)18-25(28)13-15-30(29)31(34)21-27(32(34)36)20-24-8-5-9-26(19-24)33(35)37/h2-12,14,18-20,29-31H,13,15-17,21H2,1H3,(H2,35,37)/b11-10+,27-20+/t29?,30?,31?,34-/m0/s1. The molecule has 3 aromatic carbocycles. The van der Waals surface area contributed by atoms with Crippen molar-refractivity contribution in [3.63, 3.8) is 0 Å². The second-order valence-corrected chi connectivity index (χ2v) is 11.3. The molecule has 2 saturated carbocycles. The molecule has 0 spiro atoms. The molecule has 0 saturated heterocycles. The van der Waals surface area contributed by atoms with E-state index in [0.29, 0.717) is 29.1 Å². The van der Waals surface area contributed by atoms with Crippen LogP contribution in [-0.4, -0.2) is 11.7 Å². The van der Waals surface area contributed by atoms with Crippen LogP contribution in [-0.2, 0) is 11.2 Å². The quantitative estimate of drug-likeness (QED) is 0.316. The molecule has 3 aliphatic carbocycles. The van der Waals surface area contributed by atoms with Gasteiger partial charge in [0.2, 0.25) is 5.91 Å². The number of hydrogen-bond donors (Lipinski definition) is 1. The summed E-state index contributed by atoms with van der Waals surface area (Å²) in [6, 6.07) is 24.7. The maximum Gasteiger partial charge on any atom is 0.248 e. The Morgan fingerprint density at radius 3 is 2.51 bits per heavy atom. The zero-order valence-electron chi connectivity index (χ0n) is 21.3. The van der Waals surface area contributed by atoms with E-state index in [0.717, 1.165) is 43.2 Å². The van der Waals surface area contributed by atoms with Crippen molar-refractivity contribution in [3.05, 3.63) is 112 Å². The number of amides is 1. The number of benzene rings is 3. The zero-order valence-corrected chi connectivity index (χ0v) is 21.3. The molecule has 2 N–H and O–H groups in total. The third-order valence-corrected chi connectivity index (χ3v) is 9.17. The van der Waals surface area contributed by atoms with Crippen molar-refractivity contribution in [2.45, 2.75) is 44.9 Å². The molecule has 0 aliphatic heterocycles. The number of nitrogens with two attached hydrogens (primary N) is 1. The van der Waals surface area contributed by atoms with Crippen LogP contribution in [0.5, 0.6) is 0 Å². The van der Waals surface area contributed by atoms with Crippen molar-refractivity contribution in [1.82, 2.24) is 0 Å². The van der Waals surface area contributed by atoms with Gasteiger partial charge < -0.3 is 5.73 Å². The van der Waals surface area contributed by atoms with Gasteiger partial charge in [0.15, 0.2) is 5.78 Å². The number of Topliss-reactive ketones (excluding diaryl/α,β-unsaturated/α-hetero) is 1. The third-order valence-electron chi connectivity index (χ3n) is 9.17. The highest BCUT2D eigenvalue weighted by Gasteiger charge is 2.56. The highest BCUT2D eigenvalue weighted by molar-refractivity contribution is 6.06. The van der Waals surface area contributed by atoms with E-state index in [1.165, 1.54) is 22.3 Å². The number of fused-ring (bicyclic) bond motifs is 5. The third kappa shape index (κ3) is 4.27. The van der Waals surface area contributed by atoms with Crippen LogP contribution in [0, 0.1) is 17.3 Å². The fraction of sp³-hybridized carbons (Fsp3) is 0.294. The SMILES string of the molecule is C[C@]12CCC3c4ccc(/C=C/c5ccccc5)cc4CCC3C1C/C(=C\c1cccc(C(N)=O)c1)C2=O. The predicted molar refractivity (Wildman–Crippen MR) is 150 cm³/mol. The van der Waals surface area contributed by atoms with E-state index in [1.807, 2.05) is 24.3 Å². The maximum atomic E-state index is 13.7. The van der Waals surface area contributed by atoms with Gasteiger partial charge in [-0.2, -0.15) is 0 Å². The van der Waals surface area contributed by atoms with Gasteiger partial charge >= 0.3 is 0 Å². The van der Waals surface area contributed by atoms with Crippen molar-refractivity contribution in [1.29, 1.82) is 0 Å². The summed E-state index contributed by atoms with van der Waals surface area (Å²) < 4.78 is 0. The Labute approximate surface area is 219 Å². The van der Waals surface area contributed by atoms with Gasteiger partial charge in [0, 0.05) is 11.0 Å². The topological polar surface area (TPSA) is 60.2 Å². The lowest BCUT2D eigenvalue weighted by Gasteiger charge is -2.48. The van der Waals surface area contributed by atoms with E-state index in [4.69, 9.17) is 5.73 Å². The molecule has 0 heterocycles. The summed E-state index contributed by atoms with van der Waals surface area (Å²) in [6.45, 7) is 2.20. The van der Waals surface area contributed by atoms with Crippen LogP contribution in [0.1, 0.15) is 76.7 Å². The Bertz CT molecular complexity index is 1430. The lowest BCUT2D eigenvalue weighted by molar-refractivity contribution is -0.127. The van der Waals surface area contributed by atoms with Crippen LogP contribution in [0.2, 0.25) is 0 Å². The minimum Gasteiger partial charge on any atom is -0.366 e. The van der Waals surface area contributed by atoms with Gasteiger partial charge in [-0.15, -0.1) is 0 Å². The van der Waals surface area contributed by atoms with E-state index in [-0.39, 0.29) is 5.41 Å². The van der Waals surface area contributed by atoms with Gasteiger partial charge in [-0.05, 0) is 101 Å². The Balaban J connectivity index is 1.25. The Morgan fingerprint density at radius 1 is 0.919 bits per heavy atom. The van der Waals surface area contributed by atoms with Gasteiger partial charge in [-0.3, -0.25) is 9.59 Å². The van der Waals surface area contributed by atoms with Gasteiger partial charge in [-0.1, -0.05) is 79.7 Å². The summed E-state index contributed by atoms with van der Waals surface area (Å²) in [4.78, 5) is 25.3. The van der Waals surface area contributed by atoms with Crippen LogP contribution in [0.4, 0.5) is 0 Å². The number of primary amides is 1. The van der Waals surface area contributed by atoms with Gasteiger partial charge in [0.1, 0.15) is 0 Å². The van der Waals surface area contributed by atoms with Crippen LogP contribution < -0.4 is 5.73 Å². The van der Waals surface area contributed by atoms with E-state index in [9.17, 15) is 9.59 Å². The summed E-state index contributed by atoms with van der Waals surface area (Å²) in [5, 5.41) is 0. The van der Waals surface area contributed by atoms with Gasteiger partial charge in [0.25, 0.3) is 0 Å². The first kappa shape index (κ1) is 23.7. The number of hydrogen-bond acceptors (Lipinski definition) is 2. The first-order chi connectivity index (χ1) is 17.9. The number of ketones is 1. The van der Waals surface area contributed by atoms with E-state index >= 15 is 0 Å². The number of rotatable bonds is 4. The Hall–Kier alpha value is -3.72. The molecule has 3 nitrogen and oxygen atoms in total. The van der Waals surface area contributed by atoms with Crippen molar-refractivity contribution < 1.29 is 9.59 Å². The van der Waals surface area contributed by atoms with E-state index < -0.39 is 5.91 Å². The Morgan fingerprint density at radius 2 is 1.70 bits per heavy atom. The number of carbonyl (C=O) groups is 2. The van der Waals surface area contributed by atoms with Crippen LogP contribution in [0.3, 0.4) is 0 Å². The molecular formula is C34H33NO2. The number of allylic oxidation sites excluding steroid dienone is 1. The largest absolute Gasteiger partial charge is 0.366 e. The number of aryl methyl sites for hydroxylation is 1. The van der Waals surface area contributed by atoms with Crippen molar-refractivity contribution in [3.8, 4) is 0 Å². The lowest BCUT2D eigenvalue weighted by Crippen LogP contribution is -2.42. The van der Waals surface area contributed by atoms with Crippen molar-refractivity contribution in [2.75, 3.05) is 0 Å². The summed E-state index contributed by atoms with van der Waals surface area (Å²) in [7, 11) is 0. The highest BCUT2D eigenvalue weighted by Crippen LogP contribution is 2.60. The minimum absolute atomic E-state index is 0.288. The van der Waals surface area contributed by atoms with Crippen molar-refractivity contribution >= 4 is 29.9 Å². The molecule has 3 aromatic rings. The first-order valence-corrected chi connectivity index (χ1v) is 13.4. The molecule has 3 aliphatic rings. The predicted octanol–water partition coefficient (Wildman–Crippen LogP) is 7.07. The minimum atomic E-state index is -0.443. The van der Waals surface area contributed by atoms with Gasteiger partial charge in [-0.25, -0.2) is 0 Å². The van der Waals surface area contributed by atoms with Crippen molar-refractivity contribution in [2.24, 2.45) is 23.0 Å². The monoisotopic (exact) mass is 487 g/mol. The molecule has 0 aromatic heterocycles. The van der Waals surface area contributed by atoms with Crippen LogP contribution >= 0.6 is 0 Å². The lowest BCUT2D eigenvalue weighted by atomic mass is 9.55. The second kappa shape index (κ2) is 9.30. The van der Waals surface area contributed by atoms with E-state index in [1.54, 1.807) is 12.1 Å². The summed E-state index contributed by atoms with van der Waals surface area (Å²) in [6.07, 6.45) is 11.4. The van der Waals surface area contributed by atoms with E-state index in [2.05, 4.69) is 61.5 Å². The van der Waals surface area contributed by atoms with Crippen LogP contribution in [0.25, 0.3) is 18.2 Å². The molecule has 1 amide bonds. The number of carbonyl (C=O) groups excluding carboxylic acids is 2. The summed E-state index contributed by atoms with van der Waals surface area (Å²) in [5.41, 5.74) is 12.9. The van der Waals surface area contributed by atoms with Gasteiger partial charge in [0.05, 0.1) is 0 Å². The first-order valence-electron chi connectivity index (χ1n) is 13.4. The zero-order chi connectivity index (χ0) is 25.6. The van der Waals surface area contributed by atoms with Crippen LogP contribution in [0.15, 0.2) is 78.4 Å². The average molecular weight is 488 g/mol. The molecule has 186 valence electrons. The summed E-state index contributed by atoms with van der Waals surface area (Å²) >= 11 is 0.